The van der Waals surface area contributed by atoms with E-state index in [-0.39, 0.29) is 6.42 Å². The van der Waals surface area contributed by atoms with Gasteiger partial charge in [-0.05, 0) is 6.42 Å². The van der Waals surface area contributed by atoms with Crippen LogP contribution < -0.4 is 0 Å². The fourth-order valence-corrected chi connectivity index (χ4v) is 0.800. The number of hydrogen-bond donors (Lipinski definition) is 0. The lowest BCUT2D eigenvalue weighted by Crippen LogP contribution is -1.91. The van der Waals surface area contributed by atoms with Crippen molar-refractivity contribution in [3.8, 4) is 0 Å². The predicted octanol–water partition coefficient (Wildman–Crippen LogP) is 2.12. The first-order chi connectivity index (χ1) is 4.77. The average molecular weight is 142 g/mol. The van der Waals surface area contributed by atoms with E-state index in [1.54, 1.807) is 0 Å². The topological polar surface area (TPSA) is 37.0 Å². The molecule has 10 heavy (non-hydrogen) atoms. The fraction of sp³-hybridized carbons (Fsp3) is 0.750. The second-order valence-electron chi connectivity index (χ2n) is 2.39. The fourth-order valence-electron chi connectivity index (χ4n) is 0.800. The van der Waals surface area contributed by atoms with E-state index < -0.39 is 5.97 Å². The minimum atomic E-state index is -0.936. The van der Waals surface area contributed by atoms with Gasteiger partial charge in [-0.3, -0.25) is 0 Å². The lowest BCUT2D eigenvalue weighted by molar-refractivity contribution is -0.143. The van der Waals surface area contributed by atoms with Gasteiger partial charge in [0.15, 0.2) is 0 Å². The highest BCUT2D eigenvalue weighted by Gasteiger charge is 1.97. The van der Waals surface area contributed by atoms with Crippen LogP contribution in [-0.2, 0) is 9.90 Å². The molecule has 0 aromatic heterocycles. The van der Waals surface area contributed by atoms with Gasteiger partial charge in [-0.25, -0.2) is 9.90 Å². The zero-order chi connectivity index (χ0) is 7.82. The summed E-state index contributed by atoms with van der Waals surface area (Å²) in [5, 5.41) is 9.91. The Bertz CT molecular complexity index is 89.3. The highest BCUT2D eigenvalue weighted by Crippen LogP contribution is 2.04. The van der Waals surface area contributed by atoms with Gasteiger partial charge in [0, 0.05) is 0 Å². The molecule has 0 aromatic carbocycles. The van der Waals surface area contributed by atoms with Crippen LogP contribution in [0.2, 0.25) is 0 Å². The minimum absolute atomic E-state index is 0.205. The van der Waals surface area contributed by atoms with E-state index in [1.807, 2.05) is 0 Å². The van der Waals surface area contributed by atoms with Crippen LogP contribution in [0.1, 0.15) is 38.5 Å². The maximum atomic E-state index is 9.91. The Hall–Kier alpha value is -0.530. The number of unbranched alkanes of at least 4 members (excludes halogenated alkanes) is 4. The van der Waals surface area contributed by atoms with Gasteiger partial charge < -0.3 is 0 Å². The molecular weight excluding hydrogens is 128 g/mol. The molecule has 0 bridgehead atoms. The van der Waals surface area contributed by atoms with Crippen LogP contribution in [0, 0.1) is 6.92 Å². The van der Waals surface area contributed by atoms with Crippen molar-refractivity contribution in [3.05, 3.63) is 6.92 Å². The van der Waals surface area contributed by atoms with Crippen LogP contribution in [0.5, 0.6) is 0 Å². The molecule has 2 radical (unpaired) electrons. The molecule has 2 heteroatoms. The zero-order valence-corrected chi connectivity index (χ0v) is 6.27. The highest BCUT2D eigenvalue weighted by atomic mass is 16.4. The number of hydrogen-bond acceptors (Lipinski definition) is 1. The maximum absolute atomic E-state index is 9.91. The molecule has 0 spiro atoms. The quantitative estimate of drug-likeness (QED) is 0.523. The minimum Gasteiger partial charge on any atom is -0.247 e. The van der Waals surface area contributed by atoms with Crippen LogP contribution in [0.4, 0.5) is 0 Å². The van der Waals surface area contributed by atoms with Gasteiger partial charge in [-0.1, -0.05) is 32.6 Å². The Morgan fingerprint density at radius 1 is 1.10 bits per heavy atom. The van der Waals surface area contributed by atoms with Gasteiger partial charge in [0.1, 0.15) is 0 Å². The molecule has 0 rings (SSSR count). The molecular formula is C8H14O2. The van der Waals surface area contributed by atoms with E-state index in [2.05, 4.69) is 6.92 Å². The number of carbonyl (C=O) groups is 1. The highest BCUT2D eigenvalue weighted by molar-refractivity contribution is 5.66. The Kier molecular flexibility index (Phi) is 6.24. The molecule has 0 aromatic rings. The van der Waals surface area contributed by atoms with Crippen molar-refractivity contribution in [3.63, 3.8) is 0 Å². The van der Waals surface area contributed by atoms with E-state index in [0.29, 0.717) is 0 Å². The van der Waals surface area contributed by atoms with Crippen molar-refractivity contribution < 1.29 is 9.90 Å². The van der Waals surface area contributed by atoms with Crippen molar-refractivity contribution in [1.82, 2.24) is 0 Å². The average Bonchev–Trinajstić information content (AvgIpc) is 1.87. The second kappa shape index (κ2) is 6.59. The number of carbonyl (C=O) groups excluding carboxylic acids is 1. The normalized spacial score (nSPS) is 9.70. The molecule has 0 N–H and O–H groups in total. The Morgan fingerprint density at radius 2 is 1.70 bits per heavy atom. The van der Waals surface area contributed by atoms with Crippen LogP contribution in [-0.4, -0.2) is 5.97 Å². The van der Waals surface area contributed by atoms with E-state index in [0.717, 1.165) is 32.1 Å². The predicted molar refractivity (Wildman–Crippen MR) is 38.8 cm³/mol. The third-order valence-electron chi connectivity index (χ3n) is 1.38. The van der Waals surface area contributed by atoms with Gasteiger partial charge in [-0.2, -0.15) is 0 Å². The third-order valence-corrected chi connectivity index (χ3v) is 1.38. The first kappa shape index (κ1) is 9.47. The molecule has 0 atom stereocenters. The summed E-state index contributed by atoms with van der Waals surface area (Å²) in [4.78, 5) is 9.91. The van der Waals surface area contributed by atoms with Crippen molar-refractivity contribution >= 4 is 5.97 Å². The summed E-state index contributed by atoms with van der Waals surface area (Å²) in [6, 6.07) is 0. The van der Waals surface area contributed by atoms with Crippen molar-refractivity contribution in [2.75, 3.05) is 0 Å². The molecule has 2 nitrogen and oxygen atoms in total. The first-order valence-corrected chi connectivity index (χ1v) is 3.76. The summed E-state index contributed by atoms with van der Waals surface area (Å²) in [6.07, 6.45) is 5.10. The molecule has 0 amide bonds. The Balaban J connectivity index is 2.84. The van der Waals surface area contributed by atoms with E-state index in [1.165, 1.54) is 0 Å². The van der Waals surface area contributed by atoms with Crippen molar-refractivity contribution in [2.24, 2.45) is 0 Å². The van der Waals surface area contributed by atoms with Crippen LogP contribution >= 0.6 is 0 Å². The molecule has 0 aliphatic heterocycles. The molecule has 0 saturated heterocycles. The molecule has 0 saturated carbocycles. The molecule has 0 aliphatic carbocycles. The summed E-state index contributed by atoms with van der Waals surface area (Å²) < 4.78 is 0. The second-order valence-corrected chi connectivity index (χ2v) is 2.39. The van der Waals surface area contributed by atoms with Gasteiger partial charge in [0.05, 0.1) is 6.42 Å². The molecule has 0 fully saturated rings. The largest absolute Gasteiger partial charge is 0.355 e. The van der Waals surface area contributed by atoms with Crippen LogP contribution in [0.3, 0.4) is 0 Å². The molecule has 0 unspecified atom stereocenters. The lowest BCUT2D eigenvalue weighted by Gasteiger charge is -1.94. The van der Waals surface area contributed by atoms with E-state index >= 15 is 0 Å². The molecule has 0 heterocycles. The number of rotatable bonds is 6. The third kappa shape index (κ3) is 7.47. The molecule has 58 valence electrons. The summed E-state index contributed by atoms with van der Waals surface area (Å²) in [5.41, 5.74) is 0. The zero-order valence-electron chi connectivity index (χ0n) is 6.27. The monoisotopic (exact) mass is 142 g/mol. The van der Waals surface area contributed by atoms with Crippen LogP contribution in [0.25, 0.3) is 0 Å². The summed E-state index contributed by atoms with van der Waals surface area (Å²) >= 11 is 0. The first-order valence-electron chi connectivity index (χ1n) is 3.76. The summed E-state index contributed by atoms with van der Waals surface area (Å²) in [6.45, 7) is 3.69. The van der Waals surface area contributed by atoms with Crippen molar-refractivity contribution in [2.45, 2.75) is 38.5 Å². The van der Waals surface area contributed by atoms with E-state index in [9.17, 15) is 9.90 Å². The van der Waals surface area contributed by atoms with Crippen molar-refractivity contribution in [1.29, 1.82) is 0 Å². The smallest absolute Gasteiger partial charge is 0.247 e. The van der Waals surface area contributed by atoms with Gasteiger partial charge in [0.25, 0.3) is 0 Å². The van der Waals surface area contributed by atoms with Gasteiger partial charge in [-0.15, -0.1) is 0 Å². The van der Waals surface area contributed by atoms with Gasteiger partial charge >= 0.3 is 5.97 Å². The SMILES string of the molecule is [CH2]CCCCCCC([O])=O. The maximum Gasteiger partial charge on any atom is 0.355 e. The van der Waals surface area contributed by atoms with E-state index in [4.69, 9.17) is 0 Å². The summed E-state index contributed by atoms with van der Waals surface area (Å²) in [5.74, 6) is -0.936. The Morgan fingerprint density at radius 3 is 2.20 bits per heavy atom. The summed E-state index contributed by atoms with van der Waals surface area (Å²) in [7, 11) is 0. The lowest BCUT2D eigenvalue weighted by atomic mass is 10.1. The van der Waals surface area contributed by atoms with Gasteiger partial charge in [0.2, 0.25) is 0 Å². The standard InChI is InChI=1S/C8H14O2/c1-2-3-4-5-6-7-8(9)10/h1-7H2. The van der Waals surface area contributed by atoms with Crippen LogP contribution in [0.15, 0.2) is 0 Å². The Labute approximate surface area is 62.2 Å². The molecule has 0 aliphatic rings.